The van der Waals surface area contributed by atoms with Crippen molar-refractivity contribution in [3.8, 4) is 0 Å². The molecule has 1 N–H and O–H groups in total. The van der Waals surface area contributed by atoms with Gasteiger partial charge in [0.15, 0.2) is 0 Å². The maximum Gasteiger partial charge on any atom is 0.310 e. The van der Waals surface area contributed by atoms with Crippen LogP contribution in [0.25, 0.3) is 0 Å². The number of hydrogen-bond acceptors (Lipinski definition) is 4. The predicted molar refractivity (Wildman–Crippen MR) is 85.3 cm³/mol. The maximum absolute atomic E-state index is 12.4. The summed E-state index contributed by atoms with van der Waals surface area (Å²) < 4.78 is 5.02. The number of piperidine rings is 1. The lowest BCUT2D eigenvalue weighted by atomic mass is 9.76. The Morgan fingerprint density at radius 2 is 2.00 bits per heavy atom. The van der Waals surface area contributed by atoms with Crippen LogP contribution in [0.1, 0.15) is 24.3 Å². The molecule has 2 bridgehead atoms. The largest absolute Gasteiger partial charge is 0.469 e. The second kappa shape index (κ2) is 6.00. The normalized spacial score (nSPS) is 34.7. The topological polar surface area (TPSA) is 49.8 Å². The molecule has 0 aliphatic carbocycles. The fourth-order valence-corrected chi connectivity index (χ4v) is 4.34. The molecule has 2 aliphatic heterocycles. The van der Waals surface area contributed by atoms with Gasteiger partial charge >= 0.3 is 5.97 Å². The minimum absolute atomic E-state index is 0.0133. The number of ether oxygens (including phenoxy) is 1. The third kappa shape index (κ3) is 2.52. The third-order valence-electron chi connectivity index (χ3n) is 5.16. The number of aliphatic hydroxyl groups is 1. The predicted octanol–water partition coefficient (Wildman–Crippen LogP) is 2.70. The van der Waals surface area contributed by atoms with E-state index in [2.05, 4.69) is 4.90 Å². The van der Waals surface area contributed by atoms with E-state index in [1.165, 1.54) is 7.11 Å². The average Bonchev–Trinajstić information content (AvgIpc) is 2.68. The van der Waals surface area contributed by atoms with Gasteiger partial charge in [-0.2, -0.15) is 0 Å². The molecule has 0 saturated carbocycles. The Hall–Kier alpha value is -0.810. The second-order valence-corrected chi connectivity index (χ2v) is 6.98. The van der Waals surface area contributed by atoms with E-state index in [1.807, 2.05) is 19.2 Å². The Bertz CT molecular complexity index is 595. The molecule has 22 heavy (non-hydrogen) atoms. The van der Waals surface area contributed by atoms with Gasteiger partial charge in [0.25, 0.3) is 0 Å². The van der Waals surface area contributed by atoms with Gasteiger partial charge in [0.1, 0.15) is 0 Å². The molecule has 2 saturated heterocycles. The van der Waals surface area contributed by atoms with E-state index < -0.39 is 6.10 Å². The fourth-order valence-electron chi connectivity index (χ4n) is 4.03. The highest BCUT2D eigenvalue weighted by atomic mass is 35.5. The van der Waals surface area contributed by atoms with Crippen LogP contribution in [-0.2, 0) is 9.53 Å². The summed E-state index contributed by atoms with van der Waals surface area (Å²) in [6.45, 7) is 0. The van der Waals surface area contributed by atoms with Crippen molar-refractivity contribution in [1.82, 2.24) is 4.90 Å². The minimum atomic E-state index is -0.407. The first kappa shape index (κ1) is 16.1. The van der Waals surface area contributed by atoms with Crippen molar-refractivity contribution in [1.29, 1.82) is 0 Å². The lowest BCUT2D eigenvalue weighted by molar-refractivity contribution is -0.150. The standard InChI is InChI=1S/C16H19Cl2NO3/c1-19-12-6-9(8-3-4-10(17)11(18)5-8)15(16(21)22-2)13(19)7-14(12)20/h3-5,9,12-15,20H,6-7H2,1-2H3/t9-,12?,13?,14+,15-/m0/s1. The summed E-state index contributed by atoms with van der Waals surface area (Å²) in [7, 11) is 3.37. The molecule has 120 valence electrons. The number of aliphatic hydroxyl groups excluding tert-OH is 1. The van der Waals surface area contributed by atoms with Crippen LogP contribution >= 0.6 is 23.2 Å². The lowest BCUT2D eigenvalue weighted by Crippen LogP contribution is -2.49. The number of carbonyl (C=O) groups is 1. The van der Waals surface area contributed by atoms with Crippen LogP contribution in [0.15, 0.2) is 18.2 Å². The minimum Gasteiger partial charge on any atom is -0.469 e. The van der Waals surface area contributed by atoms with Gasteiger partial charge in [-0.1, -0.05) is 29.3 Å². The van der Waals surface area contributed by atoms with Crippen LogP contribution in [0.5, 0.6) is 0 Å². The number of esters is 1. The van der Waals surface area contributed by atoms with E-state index in [0.29, 0.717) is 22.9 Å². The molecular weight excluding hydrogens is 325 g/mol. The van der Waals surface area contributed by atoms with Crippen molar-refractivity contribution in [2.75, 3.05) is 14.2 Å². The van der Waals surface area contributed by atoms with Crippen molar-refractivity contribution >= 4 is 29.2 Å². The molecule has 0 radical (unpaired) electrons. The van der Waals surface area contributed by atoms with Crippen molar-refractivity contribution in [3.05, 3.63) is 33.8 Å². The maximum atomic E-state index is 12.4. The van der Waals surface area contributed by atoms with Crippen LogP contribution in [0.4, 0.5) is 0 Å². The van der Waals surface area contributed by atoms with E-state index in [-0.39, 0.29) is 29.9 Å². The summed E-state index contributed by atoms with van der Waals surface area (Å²) in [5.41, 5.74) is 0.974. The Balaban J connectivity index is 2.00. The number of methoxy groups -OCH3 is 1. The Kier molecular flexibility index (Phi) is 4.38. The molecule has 1 aromatic rings. The van der Waals surface area contributed by atoms with Crippen LogP contribution in [-0.4, -0.2) is 48.3 Å². The number of carbonyl (C=O) groups excluding carboxylic acids is 1. The highest BCUT2D eigenvalue weighted by molar-refractivity contribution is 6.42. The van der Waals surface area contributed by atoms with Gasteiger partial charge in [-0.15, -0.1) is 0 Å². The molecular formula is C16H19Cl2NO3. The molecule has 2 aliphatic rings. The van der Waals surface area contributed by atoms with Crippen LogP contribution in [0.2, 0.25) is 10.0 Å². The first-order chi connectivity index (χ1) is 10.4. The quantitative estimate of drug-likeness (QED) is 0.838. The van der Waals surface area contributed by atoms with E-state index in [0.717, 1.165) is 5.56 Å². The highest BCUT2D eigenvalue weighted by Gasteiger charge is 2.53. The zero-order valence-electron chi connectivity index (χ0n) is 12.5. The Morgan fingerprint density at radius 1 is 1.27 bits per heavy atom. The lowest BCUT2D eigenvalue weighted by Gasteiger charge is -2.41. The Labute approximate surface area is 140 Å². The van der Waals surface area contributed by atoms with Crippen molar-refractivity contribution in [2.24, 2.45) is 5.92 Å². The van der Waals surface area contributed by atoms with Gasteiger partial charge in [0.05, 0.1) is 29.2 Å². The summed E-state index contributed by atoms with van der Waals surface area (Å²) >= 11 is 12.1. The Morgan fingerprint density at radius 3 is 2.64 bits per heavy atom. The van der Waals surface area contributed by atoms with Crippen LogP contribution in [0, 0.1) is 5.92 Å². The SMILES string of the molecule is COC(=O)[C@@H]1C2C[C@@H](O)C(C[C@H]1c1ccc(Cl)c(Cl)c1)N2C. The third-order valence-corrected chi connectivity index (χ3v) is 5.90. The average molecular weight is 344 g/mol. The summed E-state index contributed by atoms with van der Waals surface area (Å²) in [4.78, 5) is 14.5. The molecule has 5 atom stereocenters. The number of nitrogens with zero attached hydrogens (tertiary/aromatic N) is 1. The molecule has 2 heterocycles. The fraction of sp³-hybridized carbons (Fsp3) is 0.562. The summed E-state index contributed by atoms with van der Waals surface area (Å²) in [5.74, 6) is -0.563. The van der Waals surface area contributed by atoms with Crippen molar-refractivity contribution in [3.63, 3.8) is 0 Å². The van der Waals surface area contributed by atoms with Gasteiger partial charge in [0, 0.05) is 18.0 Å². The van der Waals surface area contributed by atoms with Gasteiger partial charge in [-0.05, 0) is 37.6 Å². The number of halogens is 2. The molecule has 0 spiro atoms. The van der Waals surface area contributed by atoms with Gasteiger partial charge in [-0.3, -0.25) is 9.69 Å². The molecule has 3 rings (SSSR count). The highest BCUT2D eigenvalue weighted by Crippen LogP contribution is 2.47. The van der Waals surface area contributed by atoms with E-state index in [9.17, 15) is 9.90 Å². The zero-order valence-corrected chi connectivity index (χ0v) is 14.0. The van der Waals surface area contributed by atoms with E-state index in [1.54, 1.807) is 6.07 Å². The van der Waals surface area contributed by atoms with Crippen LogP contribution < -0.4 is 0 Å². The first-order valence-electron chi connectivity index (χ1n) is 7.36. The number of benzene rings is 1. The van der Waals surface area contributed by atoms with Crippen LogP contribution in [0.3, 0.4) is 0 Å². The monoisotopic (exact) mass is 343 g/mol. The summed E-state index contributed by atoms with van der Waals surface area (Å²) in [5, 5.41) is 11.2. The number of fused-ring (bicyclic) bond motifs is 2. The molecule has 1 aromatic carbocycles. The number of likely N-dealkylation sites (N-methyl/N-ethyl adjacent to an activating group) is 1. The molecule has 2 unspecified atom stereocenters. The first-order valence-corrected chi connectivity index (χ1v) is 8.12. The van der Waals surface area contributed by atoms with Gasteiger partial charge in [0.2, 0.25) is 0 Å². The summed E-state index contributed by atoms with van der Waals surface area (Å²) in [6.07, 6.45) is 0.889. The molecule has 2 fully saturated rings. The van der Waals surface area contributed by atoms with Crippen molar-refractivity contribution in [2.45, 2.75) is 36.9 Å². The zero-order chi connectivity index (χ0) is 16.0. The number of rotatable bonds is 2. The van der Waals surface area contributed by atoms with Gasteiger partial charge < -0.3 is 9.84 Å². The van der Waals surface area contributed by atoms with Gasteiger partial charge in [-0.25, -0.2) is 0 Å². The molecule has 0 aromatic heterocycles. The summed E-state index contributed by atoms with van der Waals surface area (Å²) in [6, 6.07) is 5.53. The van der Waals surface area contributed by atoms with Crippen molar-refractivity contribution < 1.29 is 14.6 Å². The van der Waals surface area contributed by atoms with E-state index >= 15 is 0 Å². The van der Waals surface area contributed by atoms with E-state index in [4.69, 9.17) is 27.9 Å². The second-order valence-electron chi connectivity index (χ2n) is 6.17. The molecule has 0 amide bonds. The number of hydrogen-bond donors (Lipinski definition) is 1. The molecule has 4 nitrogen and oxygen atoms in total. The smallest absolute Gasteiger partial charge is 0.310 e. The molecule has 6 heteroatoms.